The predicted molar refractivity (Wildman–Crippen MR) is 122 cm³/mol. The number of amides is 1. The predicted octanol–water partition coefficient (Wildman–Crippen LogP) is 2.21. The highest BCUT2D eigenvalue weighted by Gasteiger charge is 2.46. The average molecular weight is 446 g/mol. The molecule has 0 spiro atoms. The number of aryl methyl sites for hydroxylation is 2. The molecule has 2 aromatic heterocycles. The molecule has 0 saturated carbocycles. The summed E-state index contributed by atoms with van der Waals surface area (Å²) in [6, 6.07) is 5.58. The SMILES string of the molecule is COc1ccc(-n2nccn2)c(C(=O)N2CC3CCN(c4nc(C)c5c(n4)CCC5)CC32)c1. The fourth-order valence-corrected chi connectivity index (χ4v) is 5.44. The molecule has 4 heterocycles. The maximum absolute atomic E-state index is 13.7. The summed E-state index contributed by atoms with van der Waals surface area (Å²) < 4.78 is 5.39. The minimum Gasteiger partial charge on any atom is -0.497 e. The summed E-state index contributed by atoms with van der Waals surface area (Å²) in [6.45, 7) is 4.55. The van der Waals surface area contributed by atoms with Crippen molar-refractivity contribution in [3.63, 3.8) is 0 Å². The van der Waals surface area contributed by atoms with Gasteiger partial charge >= 0.3 is 0 Å². The molecule has 3 aromatic rings. The van der Waals surface area contributed by atoms with Crippen LogP contribution in [-0.2, 0) is 12.8 Å². The van der Waals surface area contributed by atoms with Gasteiger partial charge in [-0.25, -0.2) is 9.97 Å². The molecule has 2 aliphatic heterocycles. The fourth-order valence-electron chi connectivity index (χ4n) is 5.44. The zero-order chi connectivity index (χ0) is 22.5. The lowest BCUT2D eigenvalue weighted by atomic mass is 9.81. The number of ether oxygens (including phenoxy) is 1. The minimum atomic E-state index is -0.0182. The van der Waals surface area contributed by atoms with Crippen LogP contribution >= 0.6 is 0 Å². The number of fused-ring (bicyclic) bond motifs is 2. The van der Waals surface area contributed by atoms with E-state index in [1.807, 2.05) is 17.0 Å². The largest absolute Gasteiger partial charge is 0.497 e. The Balaban J connectivity index is 1.26. The molecule has 2 fully saturated rings. The van der Waals surface area contributed by atoms with Crippen LogP contribution in [0.15, 0.2) is 30.6 Å². The van der Waals surface area contributed by atoms with Crippen LogP contribution in [0.1, 0.15) is 40.2 Å². The fraction of sp³-hybridized carbons (Fsp3) is 0.458. The van der Waals surface area contributed by atoms with Crippen LogP contribution in [0, 0.1) is 12.8 Å². The molecule has 9 nitrogen and oxygen atoms in total. The van der Waals surface area contributed by atoms with E-state index < -0.39 is 0 Å². The van der Waals surface area contributed by atoms with Gasteiger partial charge in [0.05, 0.1) is 36.8 Å². The van der Waals surface area contributed by atoms with Gasteiger partial charge in [-0.1, -0.05) is 0 Å². The molecule has 3 aliphatic rings. The zero-order valence-electron chi connectivity index (χ0n) is 18.9. The van der Waals surface area contributed by atoms with Crippen LogP contribution in [0.2, 0.25) is 0 Å². The van der Waals surface area contributed by atoms with Crippen LogP contribution in [0.25, 0.3) is 5.69 Å². The number of methoxy groups -OCH3 is 1. The summed E-state index contributed by atoms with van der Waals surface area (Å²) >= 11 is 0. The number of nitrogens with zero attached hydrogens (tertiary/aromatic N) is 7. The maximum Gasteiger partial charge on any atom is 0.256 e. The van der Waals surface area contributed by atoms with Crippen molar-refractivity contribution in [2.24, 2.45) is 5.92 Å². The third kappa shape index (κ3) is 3.34. The van der Waals surface area contributed by atoms with E-state index in [-0.39, 0.29) is 11.9 Å². The number of rotatable bonds is 4. The molecule has 9 heteroatoms. The molecule has 0 radical (unpaired) electrons. The summed E-state index contributed by atoms with van der Waals surface area (Å²) in [5.41, 5.74) is 4.83. The summed E-state index contributed by atoms with van der Waals surface area (Å²) in [5, 5.41) is 8.45. The topological polar surface area (TPSA) is 89.3 Å². The van der Waals surface area contributed by atoms with Crippen molar-refractivity contribution in [3.8, 4) is 11.4 Å². The molecule has 0 bridgehead atoms. The molecule has 2 unspecified atom stereocenters. The molecule has 1 amide bonds. The van der Waals surface area contributed by atoms with Crippen molar-refractivity contribution in [3.05, 3.63) is 53.1 Å². The molecule has 33 heavy (non-hydrogen) atoms. The standard InChI is InChI=1S/C24H27N7O2/c1-15-18-4-3-5-20(18)28-24(27-15)29-11-8-16-13-30(22(16)14-29)23(32)19-12-17(33-2)6-7-21(19)31-25-9-10-26-31/h6-7,9-10,12,16,22H,3-5,8,11,13-14H2,1-2H3. The van der Waals surface area contributed by atoms with Gasteiger partial charge in [-0.2, -0.15) is 15.0 Å². The lowest BCUT2D eigenvalue weighted by Gasteiger charge is -2.53. The quantitative estimate of drug-likeness (QED) is 0.608. The van der Waals surface area contributed by atoms with Crippen LogP contribution < -0.4 is 9.64 Å². The minimum absolute atomic E-state index is 0.0182. The molecule has 1 aromatic carbocycles. The molecule has 170 valence electrons. The Morgan fingerprint density at radius 2 is 1.97 bits per heavy atom. The monoisotopic (exact) mass is 445 g/mol. The Bertz CT molecular complexity index is 1210. The molecule has 0 N–H and O–H groups in total. The number of anilines is 1. The highest BCUT2D eigenvalue weighted by molar-refractivity contribution is 5.99. The van der Waals surface area contributed by atoms with Crippen molar-refractivity contribution in [2.75, 3.05) is 31.6 Å². The first-order chi connectivity index (χ1) is 16.1. The normalized spacial score (nSPS) is 21.4. The van der Waals surface area contributed by atoms with Gasteiger partial charge in [0.25, 0.3) is 5.91 Å². The van der Waals surface area contributed by atoms with Gasteiger partial charge in [-0.05, 0) is 56.4 Å². The molecule has 2 atom stereocenters. The average Bonchev–Trinajstić information content (AvgIpc) is 3.52. The first-order valence-electron chi connectivity index (χ1n) is 11.6. The molecular formula is C24H27N7O2. The summed E-state index contributed by atoms with van der Waals surface area (Å²) in [4.78, 5) is 29.1. The number of likely N-dealkylation sites (tertiary alicyclic amines) is 1. The van der Waals surface area contributed by atoms with Crippen LogP contribution in [0.5, 0.6) is 5.75 Å². The first-order valence-corrected chi connectivity index (χ1v) is 11.6. The maximum atomic E-state index is 13.7. The zero-order valence-corrected chi connectivity index (χ0v) is 18.9. The van der Waals surface area contributed by atoms with E-state index in [4.69, 9.17) is 14.7 Å². The van der Waals surface area contributed by atoms with E-state index in [1.165, 1.54) is 16.1 Å². The second kappa shape index (κ2) is 7.83. The van der Waals surface area contributed by atoms with E-state index in [9.17, 15) is 4.79 Å². The van der Waals surface area contributed by atoms with Crippen LogP contribution in [0.4, 0.5) is 5.95 Å². The highest BCUT2D eigenvalue weighted by Crippen LogP contribution is 2.36. The van der Waals surface area contributed by atoms with Gasteiger partial charge < -0.3 is 14.5 Å². The van der Waals surface area contributed by atoms with Crippen molar-refractivity contribution >= 4 is 11.9 Å². The number of benzene rings is 1. The van der Waals surface area contributed by atoms with Crippen molar-refractivity contribution < 1.29 is 9.53 Å². The third-order valence-corrected chi connectivity index (χ3v) is 7.29. The van der Waals surface area contributed by atoms with E-state index in [1.54, 1.807) is 25.6 Å². The molecule has 1 aliphatic carbocycles. The van der Waals surface area contributed by atoms with E-state index >= 15 is 0 Å². The van der Waals surface area contributed by atoms with Crippen LogP contribution in [0.3, 0.4) is 0 Å². The Morgan fingerprint density at radius 3 is 2.79 bits per heavy atom. The summed E-state index contributed by atoms with van der Waals surface area (Å²) in [5.74, 6) is 1.94. The second-order valence-electron chi connectivity index (χ2n) is 9.11. The van der Waals surface area contributed by atoms with Gasteiger partial charge in [-0.15, -0.1) is 0 Å². The number of piperidine rings is 1. The third-order valence-electron chi connectivity index (χ3n) is 7.29. The number of carbonyl (C=O) groups excluding carboxylic acids is 1. The Labute approximate surface area is 192 Å². The van der Waals surface area contributed by atoms with Crippen molar-refractivity contribution in [2.45, 2.75) is 38.6 Å². The Morgan fingerprint density at radius 1 is 1.12 bits per heavy atom. The molecule has 6 rings (SSSR count). The smallest absolute Gasteiger partial charge is 0.256 e. The Hall–Kier alpha value is -3.49. The lowest BCUT2D eigenvalue weighted by Crippen LogP contribution is -2.66. The van der Waals surface area contributed by atoms with E-state index in [0.717, 1.165) is 57.0 Å². The number of hydrogen-bond acceptors (Lipinski definition) is 7. The summed E-state index contributed by atoms with van der Waals surface area (Å²) in [6.07, 6.45) is 7.54. The van der Waals surface area contributed by atoms with Crippen LogP contribution in [-0.4, -0.2) is 68.6 Å². The number of hydrogen-bond donors (Lipinski definition) is 0. The van der Waals surface area contributed by atoms with Gasteiger partial charge in [-0.3, -0.25) is 4.79 Å². The van der Waals surface area contributed by atoms with E-state index in [0.29, 0.717) is 22.9 Å². The molecular weight excluding hydrogens is 418 g/mol. The lowest BCUT2D eigenvalue weighted by molar-refractivity contribution is 0.00763. The van der Waals surface area contributed by atoms with E-state index in [2.05, 4.69) is 22.0 Å². The first kappa shape index (κ1) is 20.1. The van der Waals surface area contributed by atoms with Gasteiger partial charge in [0.1, 0.15) is 5.75 Å². The molecule has 2 saturated heterocycles. The second-order valence-corrected chi connectivity index (χ2v) is 9.11. The number of aromatic nitrogens is 5. The van der Waals surface area contributed by atoms with Gasteiger partial charge in [0, 0.05) is 36.9 Å². The van der Waals surface area contributed by atoms with Gasteiger partial charge in [0.2, 0.25) is 5.95 Å². The van der Waals surface area contributed by atoms with Gasteiger partial charge in [0.15, 0.2) is 0 Å². The van der Waals surface area contributed by atoms with Crippen molar-refractivity contribution in [1.29, 1.82) is 0 Å². The highest BCUT2D eigenvalue weighted by atomic mass is 16.5. The Kier molecular flexibility index (Phi) is 4.78. The van der Waals surface area contributed by atoms with Crippen molar-refractivity contribution in [1.82, 2.24) is 29.9 Å². The number of carbonyl (C=O) groups is 1. The summed E-state index contributed by atoms with van der Waals surface area (Å²) in [7, 11) is 1.60.